The molecular formula is C11H14O5S. The van der Waals surface area contributed by atoms with Gasteiger partial charge in [0.15, 0.2) is 21.3 Å². The molecule has 6 heteroatoms. The molecule has 0 fully saturated rings. The second-order valence-corrected chi connectivity index (χ2v) is 5.84. The summed E-state index contributed by atoms with van der Waals surface area (Å²) >= 11 is 0. The second kappa shape index (κ2) is 4.54. The van der Waals surface area contributed by atoms with E-state index in [1.165, 1.54) is 0 Å². The summed E-state index contributed by atoms with van der Waals surface area (Å²) in [5.74, 6) is 0.751. The van der Waals surface area contributed by atoms with E-state index in [2.05, 4.69) is 0 Å². The van der Waals surface area contributed by atoms with Crippen molar-refractivity contribution in [1.29, 1.82) is 0 Å². The summed E-state index contributed by atoms with van der Waals surface area (Å²) in [7, 11) is -3.38. The number of sulfone groups is 1. The zero-order chi connectivity index (χ0) is 12.5. The van der Waals surface area contributed by atoms with Crippen LogP contribution in [0.4, 0.5) is 0 Å². The summed E-state index contributed by atoms with van der Waals surface area (Å²) in [5.41, 5.74) is 0.658. The van der Waals surface area contributed by atoms with Gasteiger partial charge in [0.2, 0.25) is 6.79 Å². The van der Waals surface area contributed by atoms with Crippen molar-refractivity contribution < 1.29 is 23.0 Å². The summed E-state index contributed by atoms with van der Waals surface area (Å²) in [6, 6.07) is 3.41. The van der Waals surface area contributed by atoms with Crippen LogP contribution in [0.5, 0.6) is 11.5 Å². The third-order valence-corrected chi connectivity index (χ3v) is 3.74. The molecule has 5 nitrogen and oxygen atoms in total. The Labute approximate surface area is 99.9 Å². The molecule has 2 rings (SSSR count). The average molecular weight is 258 g/mol. The van der Waals surface area contributed by atoms with Crippen molar-refractivity contribution in [2.24, 2.45) is 0 Å². The number of fused-ring (bicyclic) bond motifs is 1. The van der Waals surface area contributed by atoms with Crippen LogP contribution in [0.1, 0.15) is 12.0 Å². The first-order valence-electron chi connectivity index (χ1n) is 5.26. The molecule has 0 atom stereocenters. The van der Waals surface area contributed by atoms with E-state index >= 15 is 0 Å². The van der Waals surface area contributed by atoms with E-state index in [4.69, 9.17) is 14.6 Å². The van der Waals surface area contributed by atoms with E-state index in [9.17, 15) is 8.42 Å². The minimum Gasteiger partial charge on any atom is -0.454 e. The van der Waals surface area contributed by atoms with Crippen LogP contribution in [0.3, 0.4) is 0 Å². The summed E-state index contributed by atoms with van der Waals surface area (Å²) in [6.07, 6.45) is 2.16. The fraction of sp³-hybridized carbons (Fsp3) is 0.455. The van der Waals surface area contributed by atoms with Crippen molar-refractivity contribution in [3.05, 3.63) is 17.7 Å². The van der Waals surface area contributed by atoms with Gasteiger partial charge in [-0.2, -0.15) is 0 Å². The maximum atomic E-state index is 11.8. The van der Waals surface area contributed by atoms with Crippen molar-refractivity contribution in [2.45, 2.75) is 17.7 Å². The highest BCUT2D eigenvalue weighted by Gasteiger charge is 2.26. The van der Waals surface area contributed by atoms with Crippen molar-refractivity contribution in [1.82, 2.24) is 0 Å². The van der Waals surface area contributed by atoms with Crippen LogP contribution in [-0.2, 0) is 16.3 Å². The Morgan fingerprint density at radius 3 is 2.76 bits per heavy atom. The minimum absolute atomic E-state index is 0.0254. The fourth-order valence-corrected chi connectivity index (χ4v) is 3.00. The summed E-state index contributed by atoms with van der Waals surface area (Å²) in [6.45, 7) is 0.0684. The highest BCUT2D eigenvalue weighted by Crippen LogP contribution is 2.40. The van der Waals surface area contributed by atoms with Crippen LogP contribution >= 0.6 is 0 Å². The third-order valence-electron chi connectivity index (χ3n) is 2.55. The highest BCUT2D eigenvalue weighted by atomic mass is 32.2. The van der Waals surface area contributed by atoms with E-state index in [0.717, 1.165) is 6.26 Å². The smallest absolute Gasteiger partial charge is 0.231 e. The van der Waals surface area contributed by atoms with Gasteiger partial charge in [0, 0.05) is 12.9 Å². The van der Waals surface area contributed by atoms with Gasteiger partial charge < -0.3 is 14.6 Å². The number of hydrogen-bond acceptors (Lipinski definition) is 5. The van der Waals surface area contributed by atoms with E-state index in [0.29, 0.717) is 29.9 Å². The molecule has 0 aromatic heterocycles. The molecule has 1 N–H and O–H groups in total. The Kier molecular flexibility index (Phi) is 3.26. The standard InChI is InChI=1S/C11H14O5S/c1-17(13,14)11-8(3-2-6-12)4-5-9-10(11)16-7-15-9/h4-5,12H,2-3,6-7H2,1H3. The number of rotatable bonds is 4. The van der Waals surface area contributed by atoms with Crippen LogP contribution < -0.4 is 9.47 Å². The van der Waals surface area contributed by atoms with Gasteiger partial charge in [0.05, 0.1) is 0 Å². The van der Waals surface area contributed by atoms with Crippen LogP contribution in [0.25, 0.3) is 0 Å². The van der Waals surface area contributed by atoms with Gasteiger partial charge in [0.1, 0.15) is 4.90 Å². The second-order valence-electron chi connectivity index (χ2n) is 3.89. The number of ether oxygens (including phenoxy) is 2. The Bertz CT molecular complexity index is 521. The lowest BCUT2D eigenvalue weighted by atomic mass is 10.1. The third kappa shape index (κ3) is 2.37. The molecule has 1 aliphatic heterocycles. The molecule has 0 saturated carbocycles. The number of aliphatic hydroxyl groups is 1. The Hall–Kier alpha value is -1.27. The predicted octanol–water partition coefficient (Wildman–Crippen LogP) is 0.744. The predicted molar refractivity (Wildman–Crippen MR) is 61.1 cm³/mol. The van der Waals surface area contributed by atoms with E-state index in [1.807, 2.05) is 0 Å². The molecule has 1 aromatic carbocycles. The number of aryl methyl sites for hydroxylation is 1. The lowest BCUT2D eigenvalue weighted by Gasteiger charge is -2.10. The van der Waals surface area contributed by atoms with Crippen molar-refractivity contribution in [3.8, 4) is 11.5 Å². The maximum Gasteiger partial charge on any atom is 0.231 e. The molecule has 0 spiro atoms. The highest BCUT2D eigenvalue weighted by molar-refractivity contribution is 7.90. The van der Waals surface area contributed by atoms with E-state index in [-0.39, 0.29) is 18.3 Å². The van der Waals surface area contributed by atoms with Gasteiger partial charge >= 0.3 is 0 Å². The van der Waals surface area contributed by atoms with Gasteiger partial charge in [-0.25, -0.2) is 8.42 Å². The number of aliphatic hydroxyl groups excluding tert-OH is 1. The average Bonchev–Trinajstić information content (AvgIpc) is 2.71. The lowest BCUT2D eigenvalue weighted by Crippen LogP contribution is -2.05. The van der Waals surface area contributed by atoms with Crippen LogP contribution in [-0.4, -0.2) is 33.2 Å². The Morgan fingerprint density at radius 1 is 1.35 bits per heavy atom. The quantitative estimate of drug-likeness (QED) is 0.862. The fourth-order valence-electron chi connectivity index (χ4n) is 1.86. The molecule has 0 bridgehead atoms. The maximum absolute atomic E-state index is 11.8. The molecule has 0 aliphatic carbocycles. The van der Waals surface area contributed by atoms with Gasteiger partial charge in [-0.3, -0.25) is 0 Å². The van der Waals surface area contributed by atoms with Crippen LogP contribution in [0.2, 0.25) is 0 Å². The molecule has 0 unspecified atom stereocenters. The Morgan fingerprint density at radius 2 is 2.12 bits per heavy atom. The topological polar surface area (TPSA) is 72.8 Å². The first-order chi connectivity index (χ1) is 8.04. The van der Waals surface area contributed by atoms with Gasteiger partial charge in [-0.1, -0.05) is 6.07 Å². The zero-order valence-corrected chi connectivity index (χ0v) is 10.3. The lowest BCUT2D eigenvalue weighted by molar-refractivity contribution is 0.172. The van der Waals surface area contributed by atoms with Gasteiger partial charge in [-0.05, 0) is 24.5 Å². The molecule has 94 valence electrons. The van der Waals surface area contributed by atoms with Crippen LogP contribution in [0.15, 0.2) is 17.0 Å². The molecule has 0 amide bonds. The summed E-state index contributed by atoms with van der Waals surface area (Å²) in [5, 5.41) is 8.81. The normalized spacial score (nSPS) is 14.0. The zero-order valence-electron chi connectivity index (χ0n) is 9.47. The van der Waals surface area contributed by atoms with Crippen molar-refractivity contribution in [3.63, 3.8) is 0 Å². The monoisotopic (exact) mass is 258 g/mol. The van der Waals surface area contributed by atoms with Crippen LogP contribution in [0, 0.1) is 0 Å². The van der Waals surface area contributed by atoms with E-state index < -0.39 is 9.84 Å². The Balaban J connectivity index is 2.53. The molecular weight excluding hydrogens is 244 g/mol. The first kappa shape index (κ1) is 12.2. The van der Waals surface area contributed by atoms with Crippen molar-refractivity contribution >= 4 is 9.84 Å². The molecule has 1 heterocycles. The molecule has 0 radical (unpaired) electrons. The number of benzene rings is 1. The number of hydrogen-bond donors (Lipinski definition) is 1. The SMILES string of the molecule is CS(=O)(=O)c1c(CCCO)ccc2c1OCO2. The van der Waals surface area contributed by atoms with Gasteiger partial charge in [0.25, 0.3) is 0 Å². The van der Waals surface area contributed by atoms with E-state index in [1.54, 1.807) is 12.1 Å². The summed E-state index contributed by atoms with van der Waals surface area (Å²) < 4.78 is 33.9. The minimum atomic E-state index is -3.38. The molecule has 0 saturated heterocycles. The molecule has 1 aliphatic rings. The molecule has 17 heavy (non-hydrogen) atoms. The van der Waals surface area contributed by atoms with Gasteiger partial charge in [-0.15, -0.1) is 0 Å². The summed E-state index contributed by atoms with van der Waals surface area (Å²) in [4.78, 5) is 0.181. The van der Waals surface area contributed by atoms with Crippen molar-refractivity contribution in [2.75, 3.05) is 19.7 Å². The molecule has 1 aromatic rings. The largest absolute Gasteiger partial charge is 0.454 e. The first-order valence-corrected chi connectivity index (χ1v) is 7.15.